The van der Waals surface area contributed by atoms with Crippen molar-refractivity contribution in [3.05, 3.63) is 46.8 Å². The van der Waals surface area contributed by atoms with Crippen LogP contribution in [-0.2, 0) is 4.79 Å². The number of aliphatic carboxylic acids is 1. The molecule has 2 aromatic rings. The number of hydrogen-bond acceptors (Lipinski definition) is 3. The first-order valence-electron chi connectivity index (χ1n) is 6.06. The molecule has 0 bridgehead atoms. The summed E-state index contributed by atoms with van der Waals surface area (Å²) in [5.74, 6) is -0.923. The smallest absolute Gasteiger partial charge is 0.330 e. The summed E-state index contributed by atoms with van der Waals surface area (Å²) in [6.45, 7) is 5.61. The predicted molar refractivity (Wildman–Crippen MR) is 73.2 cm³/mol. The van der Waals surface area contributed by atoms with Crippen LogP contribution in [0.5, 0.6) is 0 Å². The third-order valence-electron chi connectivity index (χ3n) is 3.08. The highest BCUT2D eigenvalue weighted by molar-refractivity contribution is 5.80. The second-order valence-electron chi connectivity index (χ2n) is 4.63. The van der Waals surface area contributed by atoms with E-state index >= 15 is 0 Å². The van der Waals surface area contributed by atoms with Crippen LogP contribution in [0.25, 0.3) is 0 Å². The molecule has 2 rings (SSSR count). The van der Waals surface area contributed by atoms with Crippen molar-refractivity contribution >= 4 is 11.7 Å². The quantitative estimate of drug-likeness (QED) is 0.788. The van der Waals surface area contributed by atoms with E-state index in [4.69, 9.17) is 0 Å². The van der Waals surface area contributed by atoms with E-state index in [1.165, 1.54) is 0 Å². The zero-order valence-corrected chi connectivity index (χ0v) is 11.2. The fourth-order valence-corrected chi connectivity index (χ4v) is 2.06. The van der Waals surface area contributed by atoms with E-state index in [0.717, 1.165) is 16.9 Å². The van der Waals surface area contributed by atoms with Gasteiger partial charge in [-0.05, 0) is 32.9 Å². The highest BCUT2D eigenvalue weighted by Gasteiger charge is 2.25. The van der Waals surface area contributed by atoms with Gasteiger partial charge in [-0.15, -0.1) is 0 Å². The molecule has 1 heterocycles. The second-order valence-corrected chi connectivity index (χ2v) is 4.63. The Kier molecular flexibility index (Phi) is 3.55. The summed E-state index contributed by atoms with van der Waals surface area (Å²) in [4.78, 5) is 11.5. The van der Waals surface area contributed by atoms with E-state index in [9.17, 15) is 9.90 Å². The normalized spacial score (nSPS) is 12.2. The van der Waals surface area contributed by atoms with Gasteiger partial charge in [-0.2, -0.15) is 5.10 Å². The minimum atomic E-state index is -0.923. The van der Waals surface area contributed by atoms with Gasteiger partial charge in [-0.1, -0.05) is 17.7 Å². The van der Waals surface area contributed by atoms with Crippen molar-refractivity contribution in [1.29, 1.82) is 0 Å². The molecule has 5 nitrogen and oxygen atoms in total. The molecule has 0 spiro atoms. The van der Waals surface area contributed by atoms with Crippen LogP contribution in [0.1, 0.15) is 28.6 Å². The Labute approximate surface area is 111 Å². The monoisotopic (exact) mass is 259 g/mol. The van der Waals surface area contributed by atoms with Crippen LogP contribution in [0, 0.1) is 20.8 Å². The van der Waals surface area contributed by atoms with Gasteiger partial charge in [0.25, 0.3) is 0 Å². The van der Waals surface area contributed by atoms with Crippen LogP contribution >= 0.6 is 0 Å². The zero-order chi connectivity index (χ0) is 14.0. The first-order chi connectivity index (χ1) is 8.99. The maximum absolute atomic E-state index is 11.5. The van der Waals surface area contributed by atoms with Gasteiger partial charge >= 0.3 is 5.97 Å². The molecular formula is C14H17N3O2. The SMILES string of the molecule is Cc1ccc(NC(C(=O)O)c2c(C)n[nH]c2C)cc1. The fraction of sp³-hybridized carbons (Fsp3) is 0.286. The average molecular weight is 259 g/mol. The van der Waals surface area contributed by atoms with Crippen LogP contribution in [0.4, 0.5) is 5.69 Å². The number of aryl methyl sites for hydroxylation is 3. The minimum Gasteiger partial charge on any atom is -0.479 e. The van der Waals surface area contributed by atoms with Gasteiger partial charge in [0.15, 0.2) is 6.04 Å². The Morgan fingerprint density at radius 1 is 1.26 bits per heavy atom. The molecule has 3 N–H and O–H groups in total. The van der Waals surface area contributed by atoms with Crippen molar-refractivity contribution in [3.8, 4) is 0 Å². The molecule has 1 atom stereocenters. The van der Waals surface area contributed by atoms with Crippen molar-refractivity contribution in [2.75, 3.05) is 5.32 Å². The second kappa shape index (κ2) is 5.14. The standard InChI is InChI=1S/C14H17N3O2/c1-8-4-6-11(7-5-8)15-13(14(18)19)12-9(2)16-17-10(12)3/h4-7,13,15H,1-3H3,(H,16,17)(H,18,19). The number of aromatic amines is 1. The summed E-state index contributed by atoms with van der Waals surface area (Å²) in [5.41, 5.74) is 4.06. The lowest BCUT2D eigenvalue weighted by atomic mass is 10.0. The zero-order valence-electron chi connectivity index (χ0n) is 11.2. The molecule has 1 unspecified atom stereocenters. The lowest BCUT2D eigenvalue weighted by Gasteiger charge is -2.16. The van der Waals surface area contributed by atoms with Crippen molar-refractivity contribution in [2.45, 2.75) is 26.8 Å². The molecule has 0 fully saturated rings. The summed E-state index contributed by atoms with van der Waals surface area (Å²) >= 11 is 0. The molecule has 0 aliphatic rings. The number of anilines is 1. The van der Waals surface area contributed by atoms with Crippen molar-refractivity contribution in [1.82, 2.24) is 10.2 Å². The van der Waals surface area contributed by atoms with Crippen LogP contribution in [0.3, 0.4) is 0 Å². The first kappa shape index (κ1) is 13.1. The Hall–Kier alpha value is -2.30. The molecule has 19 heavy (non-hydrogen) atoms. The number of H-pyrrole nitrogens is 1. The highest BCUT2D eigenvalue weighted by Crippen LogP contribution is 2.24. The number of rotatable bonds is 4. The predicted octanol–water partition coefficient (Wildman–Crippen LogP) is 2.57. The summed E-state index contributed by atoms with van der Waals surface area (Å²) in [6.07, 6.45) is 0. The summed E-state index contributed by atoms with van der Waals surface area (Å²) in [7, 11) is 0. The number of aromatic nitrogens is 2. The molecule has 1 aromatic heterocycles. The molecule has 5 heteroatoms. The van der Waals surface area contributed by atoms with Gasteiger partial charge in [-0.25, -0.2) is 4.79 Å². The number of hydrogen-bond donors (Lipinski definition) is 3. The van der Waals surface area contributed by atoms with Crippen LogP contribution in [0.2, 0.25) is 0 Å². The van der Waals surface area contributed by atoms with Gasteiger partial charge < -0.3 is 10.4 Å². The van der Waals surface area contributed by atoms with Gasteiger partial charge in [-0.3, -0.25) is 5.10 Å². The number of benzene rings is 1. The number of carbonyl (C=O) groups is 1. The summed E-state index contributed by atoms with van der Waals surface area (Å²) in [5, 5.41) is 19.3. The minimum absolute atomic E-state index is 0.688. The van der Waals surface area contributed by atoms with E-state index in [-0.39, 0.29) is 0 Å². The van der Waals surface area contributed by atoms with Gasteiger partial charge in [0.05, 0.1) is 5.69 Å². The highest BCUT2D eigenvalue weighted by atomic mass is 16.4. The van der Waals surface area contributed by atoms with Gasteiger partial charge in [0.1, 0.15) is 0 Å². The Bertz CT molecular complexity index is 568. The third kappa shape index (κ3) is 2.76. The molecule has 0 radical (unpaired) electrons. The van der Waals surface area contributed by atoms with E-state index in [1.54, 1.807) is 6.92 Å². The number of carboxylic acids is 1. The van der Waals surface area contributed by atoms with Gasteiger partial charge in [0, 0.05) is 16.9 Å². The van der Waals surface area contributed by atoms with Gasteiger partial charge in [0.2, 0.25) is 0 Å². The van der Waals surface area contributed by atoms with Crippen LogP contribution in [0.15, 0.2) is 24.3 Å². The first-order valence-corrected chi connectivity index (χ1v) is 6.06. The topological polar surface area (TPSA) is 78.0 Å². The summed E-state index contributed by atoms with van der Waals surface area (Å²) < 4.78 is 0. The Balaban J connectivity index is 2.32. The molecule has 0 amide bonds. The van der Waals surface area contributed by atoms with E-state index in [2.05, 4.69) is 15.5 Å². The molecule has 1 aromatic carbocycles. The van der Waals surface area contributed by atoms with E-state index in [1.807, 2.05) is 38.1 Å². The number of nitrogens with zero attached hydrogens (tertiary/aromatic N) is 1. The molecule has 0 aliphatic heterocycles. The molecule has 0 saturated heterocycles. The fourth-order valence-electron chi connectivity index (χ4n) is 2.06. The van der Waals surface area contributed by atoms with Crippen molar-refractivity contribution in [3.63, 3.8) is 0 Å². The number of carboxylic acid groups (broad SMARTS) is 1. The summed E-state index contributed by atoms with van der Waals surface area (Å²) in [6, 6.07) is 6.82. The molecule has 100 valence electrons. The van der Waals surface area contributed by atoms with Crippen molar-refractivity contribution in [2.24, 2.45) is 0 Å². The molecular weight excluding hydrogens is 242 g/mol. The Morgan fingerprint density at radius 3 is 2.37 bits per heavy atom. The van der Waals surface area contributed by atoms with Crippen LogP contribution in [-0.4, -0.2) is 21.3 Å². The number of nitrogens with one attached hydrogen (secondary N) is 2. The molecule has 0 aliphatic carbocycles. The lowest BCUT2D eigenvalue weighted by molar-refractivity contribution is -0.138. The largest absolute Gasteiger partial charge is 0.479 e. The average Bonchev–Trinajstić information content (AvgIpc) is 2.68. The maximum atomic E-state index is 11.5. The maximum Gasteiger partial charge on any atom is 0.330 e. The Morgan fingerprint density at radius 2 is 1.89 bits per heavy atom. The lowest BCUT2D eigenvalue weighted by Crippen LogP contribution is -2.21. The van der Waals surface area contributed by atoms with Crippen LogP contribution < -0.4 is 5.32 Å². The molecule has 0 saturated carbocycles. The van der Waals surface area contributed by atoms with E-state index < -0.39 is 12.0 Å². The van der Waals surface area contributed by atoms with E-state index in [0.29, 0.717) is 11.3 Å². The van der Waals surface area contributed by atoms with Crippen molar-refractivity contribution < 1.29 is 9.90 Å². The third-order valence-corrected chi connectivity index (χ3v) is 3.08.